The van der Waals surface area contributed by atoms with E-state index in [4.69, 9.17) is 10.5 Å². The van der Waals surface area contributed by atoms with Crippen LogP contribution in [0.1, 0.15) is 33.6 Å². The molecule has 68 valence electrons. The van der Waals surface area contributed by atoms with Gasteiger partial charge in [-0.05, 0) is 12.3 Å². The molecule has 0 amide bonds. The molecule has 0 aliphatic rings. The van der Waals surface area contributed by atoms with Crippen molar-refractivity contribution in [2.45, 2.75) is 39.7 Å². The molecule has 0 bridgehead atoms. The minimum atomic E-state index is 0.280. The van der Waals surface area contributed by atoms with Crippen molar-refractivity contribution >= 4 is 0 Å². The van der Waals surface area contributed by atoms with Crippen molar-refractivity contribution in [3.8, 4) is 0 Å². The van der Waals surface area contributed by atoms with Gasteiger partial charge in [0, 0.05) is 13.2 Å². The highest BCUT2D eigenvalue weighted by molar-refractivity contribution is 4.57. The molecular weight excluding hydrogens is 138 g/mol. The lowest BCUT2D eigenvalue weighted by molar-refractivity contribution is 0.0359. The second-order valence-corrected chi connectivity index (χ2v) is 3.37. The van der Waals surface area contributed by atoms with Crippen molar-refractivity contribution in [2.75, 3.05) is 13.2 Å². The maximum absolute atomic E-state index is 5.57. The first-order chi connectivity index (χ1) is 5.20. The van der Waals surface area contributed by atoms with Gasteiger partial charge in [0.05, 0.1) is 6.10 Å². The third kappa shape index (κ3) is 6.32. The Kier molecular flexibility index (Phi) is 6.57. The number of hydrogen-bond acceptors (Lipinski definition) is 2. The second kappa shape index (κ2) is 6.62. The van der Waals surface area contributed by atoms with Crippen molar-refractivity contribution < 1.29 is 4.74 Å². The first-order valence-electron chi connectivity index (χ1n) is 4.52. The lowest BCUT2D eigenvalue weighted by Gasteiger charge is -2.16. The predicted octanol–water partition coefficient (Wildman–Crippen LogP) is 1.79. The second-order valence-electron chi connectivity index (χ2n) is 3.37. The normalized spacial score (nSPS) is 13.9. The van der Waals surface area contributed by atoms with Crippen LogP contribution >= 0.6 is 0 Å². The molecule has 1 unspecified atom stereocenters. The van der Waals surface area contributed by atoms with E-state index in [1.165, 1.54) is 0 Å². The zero-order chi connectivity index (χ0) is 8.69. The summed E-state index contributed by atoms with van der Waals surface area (Å²) in [6, 6.07) is 0. The van der Waals surface area contributed by atoms with Gasteiger partial charge < -0.3 is 10.5 Å². The molecule has 1 atom stereocenters. The molecule has 0 aliphatic carbocycles. The van der Waals surface area contributed by atoms with Gasteiger partial charge in [-0.1, -0.05) is 27.2 Å². The Bertz CT molecular complexity index is 83.6. The average Bonchev–Trinajstić information content (AvgIpc) is 1.97. The molecule has 0 saturated heterocycles. The van der Waals surface area contributed by atoms with Crippen LogP contribution in [0.25, 0.3) is 0 Å². The van der Waals surface area contributed by atoms with Gasteiger partial charge in [-0.2, -0.15) is 0 Å². The molecule has 0 aromatic heterocycles. The number of rotatable bonds is 6. The molecule has 11 heavy (non-hydrogen) atoms. The molecule has 0 saturated carbocycles. The van der Waals surface area contributed by atoms with E-state index in [-0.39, 0.29) is 6.10 Å². The minimum Gasteiger partial charge on any atom is -0.377 e. The summed E-state index contributed by atoms with van der Waals surface area (Å²) < 4.78 is 5.57. The topological polar surface area (TPSA) is 35.2 Å². The maximum Gasteiger partial charge on any atom is 0.0697 e. The van der Waals surface area contributed by atoms with Gasteiger partial charge in [-0.3, -0.25) is 0 Å². The number of nitrogens with two attached hydrogens (primary N) is 1. The van der Waals surface area contributed by atoms with Crippen LogP contribution in [-0.4, -0.2) is 19.3 Å². The summed E-state index contributed by atoms with van der Waals surface area (Å²) in [5.41, 5.74) is 5.52. The van der Waals surface area contributed by atoms with Gasteiger partial charge in [-0.25, -0.2) is 0 Å². The Balaban J connectivity index is 3.35. The Hall–Kier alpha value is -0.0800. The quantitative estimate of drug-likeness (QED) is 0.641. The summed E-state index contributed by atoms with van der Waals surface area (Å²) in [6.45, 7) is 7.95. The van der Waals surface area contributed by atoms with Crippen LogP contribution in [0.3, 0.4) is 0 Å². The zero-order valence-electron chi connectivity index (χ0n) is 7.97. The summed E-state index contributed by atoms with van der Waals surface area (Å²) in [5, 5.41) is 0. The van der Waals surface area contributed by atoms with E-state index in [1.807, 2.05) is 0 Å². The van der Waals surface area contributed by atoms with Crippen LogP contribution in [0, 0.1) is 5.92 Å². The number of hydrogen-bond donors (Lipinski definition) is 1. The monoisotopic (exact) mass is 159 g/mol. The Labute approximate surface area is 70.1 Å². The molecule has 0 radical (unpaired) electrons. The maximum atomic E-state index is 5.57. The Morgan fingerprint density at radius 2 is 2.00 bits per heavy atom. The Morgan fingerprint density at radius 1 is 1.36 bits per heavy atom. The van der Waals surface area contributed by atoms with Gasteiger partial charge in [-0.15, -0.1) is 0 Å². The molecule has 0 rings (SSSR count). The third-order valence-corrected chi connectivity index (χ3v) is 1.54. The fraction of sp³-hybridized carbons (Fsp3) is 1.00. The highest BCUT2D eigenvalue weighted by atomic mass is 16.5. The van der Waals surface area contributed by atoms with E-state index in [9.17, 15) is 0 Å². The summed E-state index contributed by atoms with van der Waals surface area (Å²) in [5.74, 6) is 0.612. The molecule has 0 fully saturated rings. The van der Waals surface area contributed by atoms with Crippen LogP contribution in [0.2, 0.25) is 0 Å². The first kappa shape index (κ1) is 10.9. The standard InChI is InChI=1S/C9H21NO/c1-4-5-9(6-10)11-7-8(2)3/h8-9H,4-7,10H2,1-3H3. The van der Waals surface area contributed by atoms with Gasteiger partial charge in [0.1, 0.15) is 0 Å². The van der Waals surface area contributed by atoms with E-state index >= 15 is 0 Å². The van der Waals surface area contributed by atoms with Crippen molar-refractivity contribution in [2.24, 2.45) is 11.7 Å². The van der Waals surface area contributed by atoms with Crippen molar-refractivity contribution in [1.29, 1.82) is 0 Å². The van der Waals surface area contributed by atoms with Crippen molar-refractivity contribution in [3.63, 3.8) is 0 Å². The molecular formula is C9H21NO. The van der Waals surface area contributed by atoms with E-state index in [2.05, 4.69) is 20.8 Å². The molecule has 2 heteroatoms. The average molecular weight is 159 g/mol. The molecule has 0 aromatic carbocycles. The van der Waals surface area contributed by atoms with E-state index in [0.717, 1.165) is 19.4 Å². The molecule has 0 aliphatic heterocycles. The molecule has 2 N–H and O–H groups in total. The number of ether oxygens (including phenoxy) is 1. The van der Waals surface area contributed by atoms with Gasteiger partial charge in [0.25, 0.3) is 0 Å². The zero-order valence-corrected chi connectivity index (χ0v) is 7.97. The summed E-state index contributed by atoms with van der Waals surface area (Å²) in [7, 11) is 0. The highest BCUT2D eigenvalue weighted by Gasteiger charge is 2.05. The van der Waals surface area contributed by atoms with Crippen LogP contribution in [0.15, 0.2) is 0 Å². The summed E-state index contributed by atoms with van der Waals surface area (Å²) >= 11 is 0. The van der Waals surface area contributed by atoms with Gasteiger partial charge in [0.2, 0.25) is 0 Å². The summed E-state index contributed by atoms with van der Waals surface area (Å²) in [6.07, 6.45) is 2.52. The highest BCUT2D eigenvalue weighted by Crippen LogP contribution is 2.03. The lowest BCUT2D eigenvalue weighted by atomic mass is 10.2. The van der Waals surface area contributed by atoms with Crippen LogP contribution < -0.4 is 5.73 Å². The molecule has 0 aromatic rings. The smallest absolute Gasteiger partial charge is 0.0697 e. The molecule has 0 heterocycles. The van der Waals surface area contributed by atoms with Gasteiger partial charge in [0.15, 0.2) is 0 Å². The van der Waals surface area contributed by atoms with Crippen LogP contribution in [-0.2, 0) is 4.74 Å². The third-order valence-electron chi connectivity index (χ3n) is 1.54. The van der Waals surface area contributed by atoms with Crippen molar-refractivity contribution in [3.05, 3.63) is 0 Å². The molecule has 2 nitrogen and oxygen atoms in total. The predicted molar refractivity (Wildman–Crippen MR) is 48.5 cm³/mol. The van der Waals surface area contributed by atoms with Gasteiger partial charge >= 0.3 is 0 Å². The molecule has 0 spiro atoms. The SMILES string of the molecule is CCCC(CN)OCC(C)C. The largest absolute Gasteiger partial charge is 0.377 e. The van der Waals surface area contributed by atoms with Crippen LogP contribution in [0.4, 0.5) is 0 Å². The van der Waals surface area contributed by atoms with E-state index < -0.39 is 0 Å². The first-order valence-corrected chi connectivity index (χ1v) is 4.52. The fourth-order valence-electron chi connectivity index (χ4n) is 0.920. The van der Waals surface area contributed by atoms with E-state index in [1.54, 1.807) is 0 Å². The summed E-state index contributed by atoms with van der Waals surface area (Å²) in [4.78, 5) is 0. The minimum absolute atomic E-state index is 0.280. The van der Waals surface area contributed by atoms with E-state index in [0.29, 0.717) is 12.5 Å². The fourth-order valence-corrected chi connectivity index (χ4v) is 0.920. The van der Waals surface area contributed by atoms with Crippen LogP contribution in [0.5, 0.6) is 0 Å². The van der Waals surface area contributed by atoms with Crippen molar-refractivity contribution in [1.82, 2.24) is 0 Å². The lowest BCUT2D eigenvalue weighted by Crippen LogP contribution is -2.25. The Morgan fingerprint density at radius 3 is 2.36 bits per heavy atom.